The number of rotatable bonds is 3. The molecule has 0 bridgehead atoms. The standard InChI is InChI=1S/C7H10BrN3OS/c1-7(2,4-8)9-6(12)5-3-13-11-10-5/h3H,4H2,1-2H3,(H,9,12). The van der Waals surface area contributed by atoms with Gasteiger partial charge >= 0.3 is 0 Å². The molecular weight excluding hydrogens is 254 g/mol. The molecule has 0 aliphatic carbocycles. The van der Waals surface area contributed by atoms with Crippen molar-refractivity contribution in [2.24, 2.45) is 0 Å². The van der Waals surface area contributed by atoms with E-state index in [4.69, 9.17) is 0 Å². The monoisotopic (exact) mass is 263 g/mol. The molecule has 0 saturated carbocycles. The molecule has 1 aromatic heterocycles. The van der Waals surface area contributed by atoms with E-state index in [0.717, 1.165) is 0 Å². The number of carbonyl (C=O) groups is 1. The summed E-state index contributed by atoms with van der Waals surface area (Å²) in [5.41, 5.74) is 0.111. The van der Waals surface area contributed by atoms with Gasteiger partial charge in [0.1, 0.15) is 0 Å². The molecule has 1 aromatic rings. The summed E-state index contributed by atoms with van der Waals surface area (Å²) in [5.74, 6) is -0.182. The minimum Gasteiger partial charge on any atom is -0.345 e. The fourth-order valence-electron chi connectivity index (χ4n) is 0.668. The Morgan fingerprint density at radius 3 is 2.92 bits per heavy atom. The Labute approximate surface area is 89.0 Å². The van der Waals surface area contributed by atoms with E-state index in [-0.39, 0.29) is 11.4 Å². The van der Waals surface area contributed by atoms with Gasteiger partial charge in [-0.3, -0.25) is 4.79 Å². The van der Waals surface area contributed by atoms with Gasteiger partial charge in [0.05, 0.1) is 0 Å². The summed E-state index contributed by atoms with van der Waals surface area (Å²) >= 11 is 4.48. The lowest BCUT2D eigenvalue weighted by molar-refractivity contribution is 0.0916. The van der Waals surface area contributed by atoms with Crippen LogP contribution in [0.25, 0.3) is 0 Å². The third kappa shape index (κ3) is 3.04. The number of halogens is 1. The van der Waals surface area contributed by atoms with Crippen LogP contribution in [0.3, 0.4) is 0 Å². The quantitative estimate of drug-likeness (QED) is 0.840. The Hall–Kier alpha value is -0.490. The molecule has 1 amide bonds. The van der Waals surface area contributed by atoms with Crippen molar-refractivity contribution in [3.63, 3.8) is 0 Å². The number of nitrogens with zero attached hydrogens (tertiary/aromatic N) is 2. The van der Waals surface area contributed by atoms with Gasteiger partial charge in [-0.25, -0.2) is 0 Å². The first kappa shape index (κ1) is 10.6. The number of hydrogen-bond donors (Lipinski definition) is 1. The van der Waals surface area contributed by atoms with Crippen LogP contribution in [-0.2, 0) is 0 Å². The summed E-state index contributed by atoms with van der Waals surface area (Å²) in [5, 5.41) is 8.82. The maximum atomic E-state index is 11.5. The second-order valence-electron chi connectivity index (χ2n) is 3.26. The summed E-state index contributed by atoms with van der Waals surface area (Å²) in [6, 6.07) is 0. The van der Waals surface area contributed by atoms with Gasteiger partial charge in [-0.05, 0) is 25.4 Å². The Kier molecular flexibility index (Phi) is 3.38. The predicted octanol–water partition coefficient (Wildman–Crippen LogP) is 1.44. The maximum absolute atomic E-state index is 11.5. The lowest BCUT2D eigenvalue weighted by atomic mass is 10.1. The second-order valence-corrected chi connectivity index (χ2v) is 4.43. The number of aromatic nitrogens is 2. The van der Waals surface area contributed by atoms with E-state index in [1.54, 1.807) is 5.38 Å². The van der Waals surface area contributed by atoms with Crippen LogP contribution in [0.2, 0.25) is 0 Å². The van der Waals surface area contributed by atoms with E-state index >= 15 is 0 Å². The van der Waals surface area contributed by atoms with Gasteiger partial charge < -0.3 is 5.32 Å². The van der Waals surface area contributed by atoms with Crippen LogP contribution < -0.4 is 5.32 Å². The molecule has 0 aliphatic rings. The highest BCUT2D eigenvalue weighted by Crippen LogP contribution is 2.07. The molecule has 0 aliphatic heterocycles. The average molecular weight is 264 g/mol. The molecule has 0 unspecified atom stereocenters. The highest BCUT2D eigenvalue weighted by atomic mass is 79.9. The Morgan fingerprint density at radius 1 is 1.77 bits per heavy atom. The van der Waals surface area contributed by atoms with Gasteiger partial charge in [0.2, 0.25) is 0 Å². The van der Waals surface area contributed by atoms with E-state index < -0.39 is 0 Å². The van der Waals surface area contributed by atoms with Crippen molar-refractivity contribution in [2.75, 3.05) is 5.33 Å². The summed E-state index contributed by atoms with van der Waals surface area (Å²) in [7, 11) is 0. The number of nitrogens with one attached hydrogen (secondary N) is 1. The normalized spacial score (nSPS) is 11.3. The topological polar surface area (TPSA) is 54.9 Å². The molecule has 0 saturated heterocycles. The van der Waals surface area contributed by atoms with Gasteiger partial charge in [0, 0.05) is 16.2 Å². The number of hydrogen-bond acceptors (Lipinski definition) is 4. The summed E-state index contributed by atoms with van der Waals surface area (Å²) < 4.78 is 3.62. The fourth-order valence-corrected chi connectivity index (χ4v) is 1.24. The molecule has 1 rings (SSSR count). The van der Waals surface area contributed by atoms with E-state index in [1.807, 2.05) is 13.8 Å². The summed E-state index contributed by atoms with van der Waals surface area (Å²) in [6.07, 6.45) is 0. The van der Waals surface area contributed by atoms with Crippen molar-refractivity contribution in [1.29, 1.82) is 0 Å². The SMILES string of the molecule is CC(C)(CBr)NC(=O)c1csnn1. The molecule has 0 atom stereocenters. The smallest absolute Gasteiger partial charge is 0.273 e. The molecule has 1 heterocycles. The Bertz CT molecular complexity index is 286. The Balaban J connectivity index is 2.61. The van der Waals surface area contributed by atoms with E-state index in [2.05, 4.69) is 30.8 Å². The molecule has 0 spiro atoms. The molecule has 1 N–H and O–H groups in total. The zero-order valence-corrected chi connectivity index (χ0v) is 9.78. The van der Waals surface area contributed by atoms with E-state index in [0.29, 0.717) is 11.0 Å². The van der Waals surface area contributed by atoms with Crippen LogP contribution in [-0.4, -0.2) is 26.4 Å². The van der Waals surface area contributed by atoms with E-state index in [1.165, 1.54) is 11.5 Å². The van der Waals surface area contributed by atoms with Crippen LogP contribution in [0, 0.1) is 0 Å². The highest BCUT2D eigenvalue weighted by Gasteiger charge is 2.20. The third-order valence-corrected chi connectivity index (χ3v) is 3.29. The molecule has 72 valence electrons. The lowest BCUT2D eigenvalue weighted by Crippen LogP contribution is -2.44. The van der Waals surface area contributed by atoms with Gasteiger partial charge in [-0.15, -0.1) is 5.10 Å². The molecule has 0 radical (unpaired) electrons. The number of carbonyl (C=O) groups excluding carboxylic acids is 1. The van der Waals surface area contributed by atoms with Crippen LogP contribution in [0.5, 0.6) is 0 Å². The largest absolute Gasteiger partial charge is 0.345 e. The predicted molar refractivity (Wildman–Crippen MR) is 55.2 cm³/mol. The first-order valence-electron chi connectivity index (χ1n) is 3.71. The van der Waals surface area contributed by atoms with Gasteiger partial charge in [-0.2, -0.15) is 0 Å². The lowest BCUT2D eigenvalue weighted by Gasteiger charge is -2.22. The summed E-state index contributed by atoms with van der Waals surface area (Å²) in [4.78, 5) is 11.5. The van der Waals surface area contributed by atoms with Gasteiger partial charge in [-0.1, -0.05) is 20.4 Å². The van der Waals surface area contributed by atoms with Crippen molar-refractivity contribution in [3.05, 3.63) is 11.1 Å². The van der Waals surface area contributed by atoms with Crippen LogP contribution >= 0.6 is 27.5 Å². The minimum atomic E-state index is -0.263. The van der Waals surface area contributed by atoms with Crippen molar-refractivity contribution in [1.82, 2.24) is 14.9 Å². The van der Waals surface area contributed by atoms with Crippen LogP contribution in [0.4, 0.5) is 0 Å². The highest BCUT2D eigenvalue weighted by molar-refractivity contribution is 9.09. The number of alkyl halides is 1. The van der Waals surface area contributed by atoms with Gasteiger partial charge in [0.15, 0.2) is 5.69 Å². The fraction of sp³-hybridized carbons (Fsp3) is 0.571. The van der Waals surface area contributed by atoms with Crippen molar-refractivity contribution in [3.8, 4) is 0 Å². The summed E-state index contributed by atoms with van der Waals surface area (Å²) in [6.45, 7) is 3.86. The zero-order chi connectivity index (χ0) is 9.90. The molecule has 6 heteroatoms. The van der Waals surface area contributed by atoms with Crippen molar-refractivity contribution < 1.29 is 4.79 Å². The van der Waals surface area contributed by atoms with Crippen LogP contribution in [0.15, 0.2) is 5.38 Å². The first-order chi connectivity index (χ1) is 6.05. The van der Waals surface area contributed by atoms with Crippen molar-refractivity contribution >= 4 is 33.4 Å². The van der Waals surface area contributed by atoms with Crippen LogP contribution in [0.1, 0.15) is 24.3 Å². The Morgan fingerprint density at radius 2 is 2.46 bits per heavy atom. The average Bonchev–Trinajstić information content (AvgIpc) is 2.55. The van der Waals surface area contributed by atoms with Gasteiger partial charge in [0.25, 0.3) is 5.91 Å². The second kappa shape index (κ2) is 4.15. The molecule has 13 heavy (non-hydrogen) atoms. The minimum absolute atomic E-state index is 0.182. The number of amides is 1. The molecular formula is C7H10BrN3OS. The van der Waals surface area contributed by atoms with Crippen molar-refractivity contribution in [2.45, 2.75) is 19.4 Å². The zero-order valence-electron chi connectivity index (χ0n) is 7.37. The third-order valence-electron chi connectivity index (χ3n) is 1.38. The molecule has 0 fully saturated rings. The molecule has 4 nitrogen and oxygen atoms in total. The van der Waals surface area contributed by atoms with E-state index in [9.17, 15) is 4.79 Å². The maximum Gasteiger partial charge on any atom is 0.273 e. The first-order valence-corrected chi connectivity index (χ1v) is 5.66. The molecule has 0 aromatic carbocycles.